The van der Waals surface area contributed by atoms with Gasteiger partial charge in [-0.05, 0) is 43.7 Å². The average molecular weight is 271 g/mol. The van der Waals surface area contributed by atoms with Crippen molar-refractivity contribution in [1.82, 2.24) is 15.2 Å². The average Bonchev–Trinajstić information content (AvgIpc) is 3.23. The van der Waals surface area contributed by atoms with Crippen molar-refractivity contribution >= 4 is 5.91 Å². The molecule has 1 N–H and O–H groups in total. The summed E-state index contributed by atoms with van der Waals surface area (Å²) in [5, 5.41) is 3.58. The second-order valence-corrected chi connectivity index (χ2v) is 6.37. The van der Waals surface area contributed by atoms with E-state index in [-0.39, 0.29) is 12.0 Å². The van der Waals surface area contributed by atoms with E-state index >= 15 is 0 Å². The minimum atomic E-state index is 0.214. The Balaban J connectivity index is 1.54. The number of hydrogen-bond acceptors (Lipinski definition) is 3. The van der Waals surface area contributed by atoms with Gasteiger partial charge in [-0.2, -0.15) is 0 Å². The zero-order valence-corrected chi connectivity index (χ0v) is 11.7. The molecular formula is C16H21N3O. The summed E-state index contributed by atoms with van der Waals surface area (Å²) in [7, 11) is 0. The van der Waals surface area contributed by atoms with Gasteiger partial charge >= 0.3 is 0 Å². The molecule has 0 aliphatic carbocycles. The molecule has 106 valence electrons. The zero-order valence-electron chi connectivity index (χ0n) is 11.7. The van der Waals surface area contributed by atoms with Crippen LogP contribution in [0.15, 0.2) is 24.5 Å². The minimum absolute atomic E-state index is 0.214. The van der Waals surface area contributed by atoms with Crippen molar-refractivity contribution in [1.29, 1.82) is 0 Å². The van der Waals surface area contributed by atoms with Gasteiger partial charge in [0.1, 0.15) is 0 Å². The Labute approximate surface area is 119 Å². The quantitative estimate of drug-likeness (QED) is 0.893. The molecule has 1 amide bonds. The molecule has 0 aromatic carbocycles. The number of aromatic nitrogens is 1. The van der Waals surface area contributed by atoms with Crippen LogP contribution in [0.2, 0.25) is 0 Å². The molecule has 4 rings (SSSR count). The number of carbonyl (C=O) groups excluding carboxylic acids is 1. The number of nitrogens with zero attached hydrogens (tertiary/aromatic N) is 2. The highest BCUT2D eigenvalue weighted by molar-refractivity contribution is 5.81. The van der Waals surface area contributed by atoms with Crippen molar-refractivity contribution in [3.63, 3.8) is 0 Å². The molecule has 0 saturated carbocycles. The van der Waals surface area contributed by atoms with Crippen molar-refractivity contribution in [3.8, 4) is 0 Å². The van der Waals surface area contributed by atoms with Crippen LogP contribution in [0, 0.1) is 5.92 Å². The molecule has 1 aromatic heterocycles. The predicted molar refractivity (Wildman–Crippen MR) is 76.0 cm³/mol. The molecule has 4 nitrogen and oxygen atoms in total. The summed E-state index contributed by atoms with van der Waals surface area (Å²) in [6, 6.07) is 5.34. The first-order valence-electron chi connectivity index (χ1n) is 7.79. The van der Waals surface area contributed by atoms with Crippen molar-refractivity contribution in [2.24, 2.45) is 5.92 Å². The lowest BCUT2D eigenvalue weighted by Crippen LogP contribution is -2.40. The highest BCUT2D eigenvalue weighted by atomic mass is 16.2. The van der Waals surface area contributed by atoms with Crippen molar-refractivity contribution in [3.05, 3.63) is 30.1 Å². The molecule has 4 heteroatoms. The summed E-state index contributed by atoms with van der Waals surface area (Å²) in [5.74, 6) is 0.585. The topological polar surface area (TPSA) is 45.2 Å². The number of amides is 1. The Morgan fingerprint density at radius 1 is 1.35 bits per heavy atom. The van der Waals surface area contributed by atoms with Crippen LogP contribution in [0.1, 0.15) is 43.7 Å². The molecule has 4 heterocycles. The number of fused-ring (bicyclic) bond motifs is 2. The largest absolute Gasteiger partial charge is 0.335 e. The summed E-state index contributed by atoms with van der Waals surface area (Å²) < 4.78 is 0. The smallest absolute Gasteiger partial charge is 0.227 e. The lowest BCUT2D eigenvalue weighted by atomic mass is 9.88. The highest BCUT2D eigenvalue weighted by Crippen LogP contribution is 2.38. The van der Waals surface area contributed by atoms with Gasteiger partial charge in [-0.3, -0.25) is 9.78 Å². The van der Waals surface area contributed by atoms with E-state index in [9.17, 15) is 4.79 Å². The maximum atomic E-state index is 12.9. The highest BCUT2D eigenvalue weighted by Gasteiger charge is 2.45. The molecule has 20 heavy (non-hydrogen) atoms. The van der Waals surface area contributed by atoms with Crippen LogP contribution in [-0.4, -0.2) is 34.4 Å². The molecule has 2 bridgehead atoms. The van der Waals surface area contributed by atoms with Crippen molar-refractivity contribution in [2.45, 2.75) is 50.2 Å². The Morgan fingerprint density at radius 3 is 3.00 bits per heavy atom. The fourth-order valence-electron chi connectivity index (χ4n) is 4.26. The summed E-state index contributed by atoms with van der Waals surface area (Å²) >= 11 is 0. The van der Waals surface area contributed by atoms with Crippen LogP contribution in [0.3, 0.4) is 0 Å². The molecule has 3 saturated heterocycles. The first-order valence-corrected chi connectivity index (χ1v) is 7.79. The van der Waals surface area contributed by atoms with E-state index in [4.69, 9.17) is 0 Å². The number of pyridine rings is 1. The van der Waals surface area contributed by atoms with Gasteiger partial charge < -0.3 is 10.2 Å². The third-order valence-electron chi connectivity index (χ3n) is 5.22. The normalized spacial score (nSPS) is 35.7. The van der Waals surface area contributed by atoms with Crippen molar-refractivity contribution in [2.75, 3.05) is 6.54 Å². The second-order valence-electron chi connectivity index (χ2n) is 6.37. The van der Waals surface area contributed by atoms with Gasteiger partial charge in [0.05, 0.1) is 12.0 Å². The molecule has 3 fully saturated rings. The predicted octanol–water partition coefficient (Wildman–Crippen LogP) is 1.89. The molecule has 0 radical (unpaired) electrons. The van der Waals surface area contributed by atoms with Gasteiger partial charge in [0, 0.05) is 31.0 Å². The number of carbonyl (C=O) groups is 1. The third-order valence-corrected chi connectivity index (χ3v) is 5.22. The first kappa shape index (κ1) is 12.3. The van der Waals surface area contributed by atoms with Gasteiger partial charge in [-0.1, -0.05) is 6.07 Å². The van der Waals surface area contributed by atoms with E-state index in [0.29, 0.717) is 18.0 Å². The van der Waals surface area contributed by atoms with Gasteiger partial charge in [-0.15, -0.1) is 0 Å². The van der Waals surface area contributed by atoms with E-state index in [2.05, 4.69) is 21.3 Å². The molecule has 4 unspecified atom stereocenters. The molecule has 3 aliphatic rings. The lowest BCUT2D eigenvalue weighted by molar-refractivity contribution is -0.137. The molecule has 1 aromatic rings. The van der Waals surface area contributed by atoms with Gasteiger partial charge in [0.25, 0.3) is 0 Å². The first-order chi connectivity index (χ1) is 9.83. The maximum Gasteiger partial charge on any atom is 0.227 e. The Kier molecular flexibility index (Phi) is 2.99. The van der Waals surface area contributed by atoms with Crippen LogP contribution in [0.4, 0.5) is 0 Å². The fourth-order valence-corrected chi connectivity index (χ4v) is 4.26. The van der Waals surface area contributed by atoms with Crippen LogP contribution in [0.5, 0.6) is 0 Å². The Bertz CT molecular complexity index is 504. The molecule has 3 aliphatic heterocycles. The maximum absolute atomic E-state index is 12.9. The Hall–Kier alpha value is -1.42. The summed E-state index contributed by atoms with van der Waals surface area (Å²) in [6.07, 6.45) is 9.36. The van der Waals surface area contributed by atoms with E-state index in [1.807, 2.05) is 12.3 Å². The fraction of sp³-hybridized carbons (Fsp3) is 0.625. The molecule has 0 spiro atoms. The number of hydrogen-bond donors (Lipinski definition) is 1. The standard InChI is InChI=1S/C16H21N3O/c20-16(13-9-12-5-6-14(13)18-12)19-8-2-4-15(19)11-3-1-7-17-10-11/h1,3,7,10,12-15,18H,2,4-6,8-9H2. The lowest BCUT2D eigenvalue weighted by Gasteiger charge is -2.30. The second kappa shape index (κ2) is 4.85. The van der Waals surface area contributed by atoms with Gasteiger partial charge in [0.15, 0.2) is 0 Å². The number of nitrogens with one attached hydrogen (secondary N) is 1. The Morgan fingerprint density at radius 2 is 2.30 bits per heavy atom. The van der Waals surface area contributed by atoms with Crippen LogP contribution >= 0.6 is 0 Å². The van der Waals surface area contributed by atoms with Crippen LogP contribution in [0.25, 0.3) is 0 Å². The van der Waals surface area contributed by atoms with Gasteiger partial charge in [-0.25, -0.2) is 0 Å². The van der Waals surface area contributed by atoms with E-state index in [0.717, 1.165) is 25.8 Å². The van der Waals surface area contributed by atoms with Crippen molar-refractivity contribution < 1.29 is 4.79 Å². The summed E-state index contributed by atoms with van der Waals surface area (Å²) in [6.45, 7) is 0.909. The SMILES string of the molecule is O=C(C1CC2CCC1N2)N1CCCC1c1cccnc1. The van der Waals surface area contributed by atoms with Gasteiger partial charge in [0.2, 0.25) is 5.91 Å². The van der Waals surface area contributed by atoms with Crippen LogP contribution in [-0.2, 0) is 4.79 Å². The van der Waals surface area contributed by atoms with E-state index in [1.165, 1.54) is 18.4 Å². The molecular weight excluding hydrogens is 250 g/mol. The van der Waals surface area contributed by atoms with E-state index in [1.54, 1.807) is 6.20 Å². The molecule has 4 atom stereocenters. The summed E-state index contributed by atoms with van der Waals surface area (Å²) in [4.78, 5) is 19.2. The number of rotatable bonds is 2. The number of likely N-dealkylation sites (tertiary alicyclic amines) is 1. The monoisotopic (exact) mass is 271 g/mol. The summed E-state index contributed by atoms with van der Waals surface area (Å²) in [5.41, 5.74) is 1.19. The van der Waals surface area contributed by atoms with Crippen LogP contribution < -0.4 is 5.32 Å². The third kappa shape index (κ3) is 1.94. The zero-order chi connectivity index (χ0) is 13.5. The minimum Gasteiger partial charge on any atom is -0.335 e. The van der Waals surface area contributed by atoms with E-state index < -0.39 is 0 Å².